The highest BCUT2D eigenvalue weighted by Gasteiger charge is 2.19. The molecule has 0 aliphatic rings. The predicted octanol–water partition coefficient (Wildman–Crippen LogP) is 20.2. The standard InChI is InChI=1S/C63H114O6/c1-4-7-10-13-16-19-21-22-23-24-25-26-27-28-29-30-31-32-33-34-35-36-37-38-39-40-42-44-47-50-53-56-62(65)68-59-60(58-67-61(64)55-52-49-46-43-18-15-12-9-6-3)69-63(66)57-54-51-48-45-41-20-17-14-11-8-5-2/h7,10,16,19,22-23,25-26,60H,4-6,8-9,11-15,17-18,20-21,24,27-59H2,1-3H3/b10-7-,19-16-,23-22-,26-25-. The van der Waals surface area contributed by atoms with Crippen LogP contribution in [0.4, 0.5) is 0 Å². The maximum atomic E-state index is 12.8. The Hall–Kier alpha value is -2.63. The zero-order chi connectivity index (χ0) is 50.0. The van der Waals surface area contributed by atoms with E-state index >= 15 is 0 Å². The Morgan fingerprint density at radius 3 is 0.884 bits per heavy atom. The van der Waals surface area contributed by atoms with Gasteiger partial charge < -0.3 is 14.2 Å². The summed E-state index contributed by atoms with van der Waals surface area (Å²) >= 11 is 0. The largest absolute Gasteiger partial charge is 0.462 e. The first-order valence-corrected chi connectivity index (χ1v) is 30.1. The fourth-order valence-corrected chi connectivity index (χ4v) is 8.85. The molecule has 0 fully saturated rings. The van der Waals surface area contributed by atoms with Gasteiger partial charge in [0, 0.05) is 19.3 Å². The lowest BCUT2D eigenvalue weighted by Crippen LogP contribution is -2.30. The minimum absolute atomic E-state index is 0.0666. The summed E-state index contributed by atoms with van der Waals surface area (Å²) in [5.41, 5.74) is 0. The van der Waals surface area contributed by atoms with Gasteiger partial charge in [-0.1, -0.05) is 288 Å². The molecule has 0 aliphatic carbocycles. The highest BCUT2D eigenvalue weighted by molar-refractivity contribution is 5.71. The van der Waals surface area contributed by atoms with Gasteiger partial charge in [0.05, 0.1) is 0 Å². The van der Waals surface area contributed by atoms with E-state index in [-0.39, 0.29) is 31.1 Å². The highest BCUT2D eigenvalue weighted by Crippen LogP contribution is 2.17. The third kappa shape index (κ3) is 56.2. The quantitative estimate of drug-likeness (QED) is 0.0262. The summed E-state index contributed by atoms with van der Waals surface area (Å²) in [6, 6.07) is 0. The molecule has 402 valence electrons. The SMILES string of the molecule is CC/C=C\C/C=C\C/C=C\C/C=C\CCCCCCCCCCCCCCCCCCCCC(=O)OCC(COC(=O)CCCCCCCCCCC)OC(=O)CCCCCCCCCCCCC. The minimum Gasteiger partial charge on any atom is -0.462 e. The summed E-state index contributed by atoms with van der Waals surface area (Å²) < 4.78 is 16.8. The van der Waals surface area contributed by atoms with Gasteiger partial charge in [0.1, 0.15) is 13.2 Å². The van der Waals surface area contributed by atoms with Crippen LogP contribution in [0.1, 0.15) is 316 Å². The molecule has 0 amide bonds. The van der Waals surface area contributed by atoms with Crippen LogP contribution in [0.2, 0.25) is 0 Å². The molecule has 0 saturated carbocycles. The fourth-order valence-electron chi connectivity index (χ4n) is 8.85. The molecule has 0 N–H and O–H groups in total. The van der Waals surface area contributed by atoms with E-state index in [1.165, 1.54) is 193 Å². The second-order valence-electron chi connectivity index (χ2n) is 20.2. The molecule has 0 heterocycles. The fraction of sp³-hybridized carbons (Fsp3) is 0.825. The van der Waals surface area contributed by atoms with Gasteiger partial charge in [0.2, 0.25) is 0 Å². The van der Waals surface area contributed by atoms with Crippen LogP contribution < -0.4 is 0 Å². The van der Waals surface area contributed by atoms with Gasteiger partial charge in [0.25, 0.3) is 0 Å². The van der Waals surface area contributed by atoms with Crippen LogP contribution in [0, 0.1) is 0 Å². The van der Waals surface area contributed by atoms with Crippen molar-refractivity contribution >= 4 is 17.9 Å². The van der Waals surface area contributed by atoms with Crippen molar-refractivity contribution in [2.75, 3.05) is 13.2 Å². The third-order valence-corrected chi connectivity index (χ3v) is 13.3. The van der Waals surface area contributed by atoms with Crippen LogP contribution in [0.5, 0.6) is 0 Å². The maximum absolute atomic E-state index is 12.8. The van der Waals surface area contributed by atoms with E-state index in [2.05, 4.69) is 69.4 Å². The first-order chi connectivity index (χ1) is 34.0. The van der Waals surface area contributed by atoms with Crippen molar-refractivity contribution in [2.24, 2.45) is 0 Å². The van der Waals surface area contributed by atoms with E-state index in [0.29, 0.717) is 19.3 Å². The van der Waals surface area contributed by atoms with Crippen molar-refractivity contribution in [3.8, 4) is 0 Å². The summed E-state index contributed by atoms with van der Waals surface area (Å²) in [5.74, 6) is -0.853. The molecule has 0 aliphatic heterocycles. The van der Waals surface area contributed by atoms with Crippen LogP contribution in [-0.2, 0) is 28.6 Å². The molecule has 0 aromatic heterocycles. The van der Waals surface area contributed by atoms with Crippen molar-refractivity contribution in [1.29, 1.82) is 0 Å². The van der Waals surface area contributed by atoms with Crippen molar-refractivity contribution in [2.45, 2.75) is 322 Å². The summed E-state index contributed by atoms with van der Waals surface area (Å²) in [4.78, 5) is 38.0. The summed E-state index contributed by atoms with van der Waals surface area (Å²) in [6.45, 7) is 6.53. The van der Waals surface area contributed by atoms with E-state index < -0.39 is 6.10 Å². The number of hydrogen-bond acceptors (Lipinski definition) is 6. The Kier molecular flexibility index (Phi) is 55.7. The van der Waals surface area contributed by atoms with Gasteiger partial charge in [-0.3, -0.25) is 14.4 Å². The summed E-state index contributed by atoms with van der Waals surface area (Å²) in [7, 11) is 0. The van der Waals surface area contributed by atoms with Crippen molar-refractivity contribution < 1.29 is 28.6 Å². The average molecular weight is 968 g/mol. The van der Waals surface area contributed by atoms with Crippen LogP contribution in [0.3, 0.4) is 0 Å². The Morgan fingerprint density at radius 1 is 0.304 bits per heavy atom. The van der Waals surface area contributed by atoms with E-state index in [4.69, 9.17) is 14.2 Å². The topological polar surface area (TPSA) is 78.9 Å². The Balaban J connectivity index is 4.00. The van der Waals surface area contributed by atoms with Crippen LogP contribution >= 0.6 is 0 Å². The zero-order valence-corrected chi connectivity index (χ0v) is 46.1. The summed E-state index contributed by atoms with van der Waals surface area (Å²) in [5, 5.41) is 0. The van der Waals surface area contributed by atoms with Crippen molar-refractivity contribution in [1.82, 2.24) is 0 Å². The molecule has 1 atom stereocenters. The Labute approximate surface area is 428 Å². The summed E-state index contributed by atoms with van der Waals surface area (Å²) in [6.07, 6.45) is 71.4. The van der Waals surface area contributed by atoms with Gasteiger partial charge in [0.15, 0.2) is 6.10 Å². The lowest BCUT2D eigenvalue weighted by atomic mass is 10.0. The van der Waals surface area contributed by atoms with Gasteiger partial charge in [-0.15, -0.1) is 0 Å². The van der Waals surface area contributed by atoms with E-state index in [0.717, 1.165) is 83.5 Å². The average Bonchev–Trinajstić information content (AvgIpc) is 3.35. The monoisotopic (exact) mass is 967 g/mol. The van der Waals surface area contributed by atoms with Crippen LogP contribution in [0.25, 0.3) is 0 Å². The van der Waals surface area contributed by atoms with E-state index in [1.54, 1.807) is 0 Å². The second-order valence-corrected chi connectivity index (χ2v) is 20.2. The van der Waals surface area contributed by atoms with Crippen molar-refractivity contribution in [3.63, 3.8) is 0 Å². The van der Waals surface area contributed by atoms with Crippen LogP contribution in [-0.4, -0.2) is 37.2 Å². The minimum atomic E-state index is -0.764. The first-order valence-electron chi connectivity index (χ1n) is 30.1. The number of carbonyl (C=O) groups is 3. The van der Waals surface area contributed by atoms with E-state index in [9.17, 15) is 14.4 Å². The normalized spacial score (nSPS) is 12.3. The maximum Gasteiger partial charge on any atom is 0.306 e. The number of esters is 3. The number of unbranched alkanes of at least 4 members (excludes halogenated alkanes) is 36. The molecule has 0 rings (SSSR count). The van der Waals surface area contributed by atoms with Crippen molar-refractivity contribution in [3.05, 3.63) is 48.6 Å². The Morgan fingerprint density at radius 2 is 0.565 bits per heavy atom. The highest BCUT2D eigenvalue weighted by atomic mass is 16.6. The molecular weight excluding hydrogens is 853 g/mol. The number of hydrogen-bond donors (Lipinski definition) is 0. The van der Waals surface area contributed by atoms with Gasteiger partial charge >= 0.3 is 17.9 Å². The molecular formula is C63H114O6. The van der Waals surface area contributed by atoms with E-state index in [1.807, 2.05) is 0 Å². The smallest absolute Gasteiger partial charge is 0.306 e. The molecule has 0 bridgehead atoms. The lowest BCUT2D eigenvalue weighted by Gasteiger charge is -2.18. The lowest BCUT2D eigenvalue weighted by molar-refractivity contribution is -0.167. The van der Waals surface area contributed by atoms with Gasteiger partial charge in [-0.2, -0.15) is 0 Å². The number of carbonyl (C=O) groups excluding carboxylic acids is 3. The molecule has 0 saturated heterocycles. The van der Waals surface area contributed by atoms with Gasteiger partial charge in [-0.05, 0) is 57.8 Å². The number of rotatable bonds is 55. The molecule has 6 nitrogen and oxygen atoms in total. The first kappa shape index (κ1) is 66.4. The molecule has 0 aromatic carbocycles. The molecule has 0 aromatic rings. The molecule has 6 heteroatoms. The third-order valence-electron chi connectivity index (χ3n) is 13.3. The van der Waals surface area contributed by atoms with Gasteiger partial charge in [-0.25, -0.2) is 0 Å². The Bertz CT molecular complexity index is 1200. The molecule has 1 unspecified atom stereocenters. The molecule has 0 spiro atoms. The number of ether oxygens (including phenoxy) is 3. The molecule has 69 heavy (non-hydrogen) atoms. The number of allylic oxidation sites excluding steroid dienone is 8. The zero-order valence-electron chi connectivity index (χ0n) is 46.1. The van der Waals surface area contributed by atoms with Crippen LogP contribution in [0.15, 0.2) is 48.6 Å². The predicted molar refractivity (Wildman–Crippen MR) is 298 cm³/mol. The molecule has 0 radical (unpaired) electrons. The second kappa shape index (κ2) is 57.9.